The zero-order valence-electron chi connectivity index (χ0n) is 12.7. The van der Waals surface area contributed by atoms with Gasteiger partial charge in [0.1, 0.15) is 5.75 Å². The molecule has 0 aliphatic carbocycles. The lowest BCUT2D eigenvalue weighted by Crippen LogP contribution is -2.18. The standard InChI is InChI=1S/C18H20N2O/c1-13-4-9-18(21-3)17(10-13)12-20-14(2)16-7-5-15(11-19)6-8-16/h4-10,14,20H,12H2,1-3H3. The zero-order valence-corrected chi connectivity index (χ0v) is 12.7. The van der Waals surface area contributed by atoms with E-state index in [9.17, 15) is 0 Å². The first-order valence-electron chi connectivity index (χ1n) is 7.01. The third kappa shape index (κ3) is 3.84. The lowest BCUT2D eigenvalue weighted by atomic mass is 10.1. The van der Waals surface area contributed by atoms with E-state index in [2.05, 4.69) is 31.3 Å². The summed E-state index contributed by atoms with van der Waals surface area (Å²) in [5.74, 6) is 0.903. The lowest BCUT2D eigenvalue weighted by molar-refractivity contribution is 0.406. The van der Waals surface area contributed by atoms with Gasteiger partial charge in [-0.25, -0.2) is 0 Å². The predicted octanol–water partition coefficient (Wildman–Crippen LogP) is 3.73. The van der Waals surface area contributed by atoms with Crippen molar-refractivity contribution in [2.75, 3.05) is 7.11 Å². The first-order valence-corrected chi connectivity index (χ1v) is 7.01. The highest BCUT2D eigenvalue weighted by atomic mass is 16.5. The fourth-order valence-electron chi connectivity index (χ4n) is 2.27. The van der Waals surface area contributed by atoms with E-state index in [1.165, 1.54) is 11.1 Å². The second-order valence-corrected chi connectivity index (χ2v) is 5.15. The highest BCUT2D eigenvalue weighted by Crippen LogP contribution is 2.21. The van der Waals surface area contributed by atoms with Crippen LogP contribution in [0.25, 0.3) is 0 Å². The van der Waals surface area contributed by atoms with Crippen LogP contribution in [0.4, 0.5) is 0 Å². The number of nitrogens with zero attached hydrogens (tertiary/aromatic N) is 1. The van der Waals surface area contributed by atoms with Gasteiger partial charge in [0.2, 0.25) is 0 Å². The molecule has 3 heteroatoms. The second kappa shape index (κ2) is 6.92. The summed E-state index contributed by atoms with van der Waals surface area (Å²) in [5.41, 5.74) is 4.23. The molecule has 0 amide bonds. The van der Waals surface area contributed by atoms with Crippen LogP contribution in [0, 0.1) is 18.3 Å². The predicted molar refractivity (Wildman–Crippen MR) is 84.1 cm³/mol. The Hall–Kier alpha value is -2.31. The van der Waals surface area contributed by atoms with Gasteiger partial charge in [-0.15, -0.1) is 0 Å². The van der Waals surface area contributed by atoms with Crippen LogP contribution >= 0.6 is 0 Å². The summed E-state index contributed by atoms with van der Waals surface area (Å²) in [6, 6.07) is 16.2. The number of nitriles is 1. The molecule has 21 heavy (non-hydrogen) atoms. The van der Waals surface area contributed by atoms with E-state index in [0.29, 0.717) is 5.56 Å². The third-order valence-electron chi connectivity index (χ3n) is 3.57. The van der Waals surface area contributed by atoms with Crippen molar-refractivity contribution >= 4 is 0 Å². The van der Waals surface area contributed by atoms with Gasteiger partial charge in [-0.05, 0) is 37.6 Å². The molecule has 2 rings (SSSR count). The maximum atomic E-state index is 8.82. The largest absolute Gasteiger partial charge is 0.496 e. The maximum Gasteiger partial charge on any atom is 0.123 e. The normalized spacial score (nSPS) is 11.7. The molecule has 0 heterocycles. The first-order chi connectivity index (χ1) is 10.1. The topological polar surface area (TPSA) is 45.0 Å². The van der Waals surface area contributed by atoms with Gasteiger partial charge >= 0.3 is 0 Å². The maximum absolute atomic E-state index is 8.82. The summed E-state index contributed by atoms with van der Waals surface area (Å²) in [7, 11) is 1.69. The summed E-state index contributed by atoms with van der Waals surface area (Å²) in [5, 5.41) is 12.3. The summed E-state index contributed by atoms with van der Waals surface area (Å²) >= 11 is 0. The molecule has 0 saturated carbocycles. The molecular formula is C18H20N2O. The lowest BCUT2D eigenvalue weighted by Gasteiger charge is -2.16. The molecule has 0 fully saturated rings. The van der Waals surface area contributed by atoms with Crippen LogP contribution in [0.5, 0.6) is 5.75 Å². The molecule has 0 saturated heterocycles. The van der Waals surface area contributed by atoms with Crippen LogP contribution in [0.15, 0.2) is 42.5 Å². The van der Waals surface area contributed by atoms with E-state index in [-0.39, 0.29) is 6.04 Å². The summed E-state index contributed by atoms with van der Waals surface area (Å²) in [4.78, 5) is 0. The SMILES string of the molecule is COc1ccc(C)cc1CNC(C)c1ccc(C#N)cc1. The Morgan fingerprint density at radius 3 is 2.52 bits per heavy atom. The average molecular weight is 280 g/mol. The number of methoxy groups -OCH3 is 1. The van der Waals surface area contributed by atoms with Crippen molar-refractivity contribution in [3.8, 4) is 11.8 Å². The molecule has 0 aromatic heterocycles. The Labute approximate surface area is 126 Å². The van der Waals surface area contributed by atoms with E-state index in [1.807, 2.05) is 36.4 Å². The minimum absolute atomic E-state index is 0.211. The van der Waals surface area contributed by atoms with Crippen LogP contribution < -0.4 is 10.1 Å². The molecule has 0 spiro atoms. The number of nitrogens with one attached hydrogen (secondary N) is 1. The molecule has 1 N–H and O–H groups in total. The number of aryl methyl sites for hydroxylation is 1. The van der Waals surface area contributed by atoms with Crippen molar-refractivity contribution in [2.24, 2.45) is 0 Å². The number of ether oxygens (including phenoxy) is 1. The van der Waals surface area contributed by atoms with Crippen molar-refractivity contribution in [2.45, 2.75) is 26.4 Å². The highest BCUT2D eigenvalue weighted by molar-refractivity contribution is 5.37. The van der Waals surface area contributed by atoms with Crippen LogP contribution in [0.3, 0.4) is 0 Å². The van der Waals surface area contributed by atoms with Crippen LogP contribution in [0.1, 0.15) is 35.2 Å². The van der Waals surface area contributed by atoms with Crippen molar-refractivity contribution in [1.82, 2.24) is 5.32 Å². The molecule has 0 radical (unpaired) electrons. The van der Waals surface area contributed by atoms with Crippen LogP contribution in [-0.4, -0.2) is 7.11 Å². The van der Waals surface area contributed by atoms with Gasteiger partial charge in [-0.1, -0.05) is 29.8 Å². The smallest absolute Gasteiger partial charge is 0.123 e. The van der Waals surface area contributed by atoms with Crippen molar-refractivity contribution in [3.63, 3.8) is 0 Å². The molecule has 1 atom stereocenters. The molecule has 2 aromatic rings. The van der Waals surface area contributed by atoms with Gasteiger partial charge in [-0.3, -0.25) is 0 Å². The summed E-state index contributed by atoms with van der Waals surface area (Å²) in [6.45, 7) is 4.93. The first kappa shape index (κ1) is 15.1. The van der Waals surface area contributed by atoms with Gasteiger partial charge in [0.25, 0.3) is 0 Å². The molecule has 0 aliphatic heterocycles. The Kier molecular flexibility index (Phi) is 4.97. The molecule has 3 nitrogen and oxygen atoms in total. The van der Waals surface area contributed by atoms with Gasteiger partial charge in [0, 0.05) is 18.2 Å². The number of hydrogen-bond donors (Lipinski definition) is 1. The fourth-order valence-corrected chi connectivity index (χ4v) is 2.27. The number of hydrogen-bond acceptors (Lipinski definition) is 3. The Balaban J connectivity index is 2.05. The molecule has 0 aliphatic rings. The van der Waals surface area contributed by atoms with Crippen LogP contribution in [0.2, 0.25) is 0 Å². The van der Waals surface area contributed by atoms with E-state index in [0.717, 1.165) is 17.9 Å². The summed E-state index contributed by atoms with van der Waals surface area (Å²) < 4.78 is 5.39. The Bertz CT molecular complexity index is 641. The van der Waals surface area contributed by atoms with Crippen molar-refractivity contribution in [1.29, 1.82) is 5.26 Å². The third-order valence-corrected chi connectivity index (χ3v) is 3.57. The van der Waals surface area contributed by atoms with E-state index in [4.69, 9.17) is 10.00 Å². The number of rotatable bonds is 5. The fraction of sp³-hybridized carbons (Fsp3) is 0.278. The molecule has 1 unspecified atom stereocenters. The van der Waals surface area contributed by atoms with Gasteiger partial charge in [0.15, 0.2) is 0 Å². The molecule has 108 valence electrons. The molecule has 2 aromatic carbocycles. The number of benzene rings is 2. The minimum Gasteiger partial charge on any atom is -0.496 e. The van der Waals surface area contributed by atoms with Gasteiger partial charge in [0.05, 0.1) is 18.7 Å². The monoisotopic (exact) mass is 280 g/mol. The van der Waals surface area contributed by atoms with E-state index in [1.54, 1.807) is 7.11 Å². The Morgan fingerprint density at radius 2 is 1.90 bits per heavy atom. The van der Waals surface area contributed by atoms with E-state index >= 15 is 0 Å². The van der Waals surface area contributed by atoms with Crippen molar-refractivity contribution < 1.29 is 4.74 Å². The van der Waals surface area contributed by atoms with Gasteiger partial charge < -0.3 is 10.1 Å². The highest BCUT2D eigenvalue weighted by Gasteiger charge is 2.08. The van der Waals surface area contributed by atoms with E-state index < -0.39 is 0 Å². The quantitative estimate of drug-likeness (QED) is 0.907. The minimum atomic E-state index is 0.211. The second-order valence-electron chi connectivity index (χ2n) is 5.15. The molecule has 0 bridgehead atoms. The molecular weight excluding hydrogens is 260 g/mol. The summed E-state index contributed by atoms with van der Waals surface area (Å²) in [6.07, 6.45) is 0. The van der Waals surface area contributed by atoms with Crippen molar-refractivity contribution in [3.05, 3.63) is 64.7 Å². The average Bonchev–Trinajstić information content (AvgIpc) is 2.52. The van der Waals surface area contributed by atoms with Crippen LogP contribution in [-0.2, 0) is 6.54 Å². The zero-order chi connectivity index (χ0) is 15.2. The van der Waals surface area contributed by atoms with Gasteiger partial charge in [-0.2, -0.15) is 5.26 Å². The Morgan fingerprint density at radius 1 is 1.19 bits per heavy atom.